The van der Waals surface area contributed by atoms with Crippen LogP contribution in [0.25, 0.3) is 0 Å². The second-order valence-electron chi connectivity index (χ2n) is 5.11. The van der Waals surface area contributed by atoms with Crippen molar-refractivity contribution in [2.75, 3.05) is 19.7 Å². The zero-order chi connectivity index (χ0) is 14.4. The summed E-state index contributed by atoms with van der Waals surface area (Å²) in [7, 11) is 0. The van der Waals surface area contributed by atoms with Crippen molar-refractivity contribution in [2.24, 2.45) is 0 Å². The van der Waals surface area contributed by atoms with Crippen LogP contribution in [0.15, 0.2) is 28.7 Å². The molecule has 5 heteroatoms. The number of hydrogen-bond acceptors (Lipinski definition) is 3. The average Bonchev–Trinajstić information content (AvgIpc) is 2.91. The van der Waals surface area contributed by atoms with Gasteiger partial charge >= 0.3 is 5.97 Å². The van der Waals surface area contributed by atoms with E-state index in [4.69, 9.17) is 9.84 Å². The summed E-state index contributed by atoms with van der Waals surface area (Å²) in [5.74, 6) is 0.0421. The second-order valence-corrected chi connectivity index (χ2v) is 6.02. The Morgan fingerprint density at radius 1 is 1.40 bits per heavy atom. The number of hydrogen-bond donors (Lipinski definition) is 1. The van der Waals surface area contributed by atoms with Gasteiger partial charge in [0.1, 0.15) is 12.4 Å². The average molecular weight is 342 g/mol. The van der Waals surface area contributed by atoms with Crippen molar-refractivity contribution in [2.45, 2.75) is 31.7 Å². The van der Waals surface area contributed by atoms with Crippen LogP contribution in [-0.2, 0) is 4.79 Å². The minimum atomic E-state index is -0.764. The Balaban J connectivity index is 1.83. The van der Waals surface area contributed by atoms with Crippen LogP contribution in [0.3, 0.4) is 0 Å². The molecule has 2 rings (SSSR count). The van der Waals surface area contributed by atoms with Crippen LogP contribution < -0.4 is 4.74 Å². The van der Waals surface area contributed by atoms with Gasteiger partial charge in [-0.15, -0.1) is 0 Å². The first-order valence-corrected chi connectivity index (χ1v) is 7.78. The Bertz CT molecular complexity index is 446. The molecular formula is C15H20BrNO3. The van der Waals surface area contributed by atoms with Crippen molar-refractivity contribution in [3.63, 3.8) is 0 Å². The molecule has 1 N–H and O–H groups in total. The largest absolute Gasteiger partial charge is 0.492 e. The smallest absolute Gasteiger partial charge is 0.317 e. The molecule has 1 aliphatic rings. The summed E-state index contributed by atoms with van der Waals surface area (Å²) in [5, 5.41) is 9.01. The van der Waals surface area contributed by atoms with Gasteiger partial charge in [-0.25, -0.2) is 0 Å². The summed E-state index contributed by atoms with van der Waals surface area (Å²) < 4.78 is 6.67. The van der Waals surface area contributed by atoms with Gasteiger partial charge in [0.15, 0.2) is 0 Å². The quantitative estimate of drug-likeness (QED) is 0.827. The van der Waals surface area contributed by atoms with Crippen LogP contribution in [-0.4, -0.2) is 41.7 Å². The Morgan fingerprint density at radius 2 is 2.15 bits per heavy atom. The Morgan fingerprint density at radius 3 is 2.80 bits per heavy atom. The lowest BCUT2D eigenvalue weighted by atomic mass is 10.2. The molecule has 0 unspecified atom stereocenters. The first-order valence-electron chi connectivity index (χ1n) is 6.99. The van der Waals surface area contributed by atoms with E-state index in [9.17, 15) is 4.79 Å². The Labute approximate surface area is 127 Å². The lowest BCUT2D eigenvalue weighted by molar-refractivity contribution is -0.139. The minimum absolute atomic E-state index is 0.104. The number of rotatable bonds is 7. The third-order valence-corrected chi connectivity index (χ3v) is 4.12. The Kier molecular flexibility index (Phi) is 5.86. The molecule has 0 spiro atoms. The molecule has 0 saturated heterocycles. The van der Waals surface area contributed by atoms with Crippen molar-refractivity contribution >= 4 is 21.9 Å². The highest BCUT2D eigenvalue weighted by Crippen LogP contribution is 2.23. The van der Waals surface area contributed by atoms with Gasteiger partial charge in [-0.3, -0.25) is 9.69 Å². The lowest BCUT2D eigenvalue weighted by Gasteiger charge is -2.26. The zero-order valence-electron chi connectivity index (χ0n) is 11.4. The van der Waals surface area contributed by atoms with Crippen molar-refractivity contribution < 1.29 is 14.6 Å². The molecule has 1 fully saturated rings. The number of nitrogens with zero attached hydrogens (tertiary/aromatic N) is 1. The number of benzene rings is 1. The molecule has 0 heterocycles. The molecule has 0 bridgehead atoms. The Hall–Kier alpha value is -1.07. The highest BCUT2D eigenvalue weighted by Gasteiger charge is 2.23. The number of carbonyl (C=O) groups is 1. The molecule has 1 saturated carbocycles. The normalized spacial score (nSPS) is 15.7. The molecule has 0 radical (unpaired) electrons. The molecule has 0 atom stereocenters. The molecule has 4 nitrogen and oxygen atoms in total. The summed E-state index contributed by atoms with van der Waals surface area (Å²) in [4.78, 5) is 13.0. The van der Waals surface area contributed by atoms with E-state index in [1.54, 1.807) is 0 Å². The topological polar surface area (TPSA) is 49.8 Å². The van der Waals surface area contributed by atoms with Gasteiger partial charge in [0.25, 0.3) is 0 Å². The van der Waals surface area contributed by atoms with Crippen LogP contribution in [0.1, 0.15) is 25.7 Å². The van der Waals surface area contributed by atoms with Crippen LogP contribution in [0.2, 0.25) is 0 Å². The standard InChI is InChI=1S/C15H20BrNO3/c16-12-4-3-7-14(10-12)20-9-8-17(11-15(18)19)13-5-1-2-6-13/h3-4,7,10,13H,1-2,5-6,8-9,11H2,(H,18,19). The highest BCUT2D eigenvalue weighted by molar-refractivity contribution is 9.10. The summed E-state index contributed by atoms with van der Waals surface area (Å²) in [6, 6.07) is 8.09. The maximum Gasteiger partial charge on any atom is 0.317 e. The first-order chi connectivity index (χ1) is 9.65. The number of ether oxygens (including phenoxy) is 1. The van der Waals surface area contributed by atoms with Gasteiger partial charge in [-0.05, 0) is 31.0 Å². The summed E-state index contributed by atoms with van der Waals surface area (Å²) in [5.41, 5.74) is 0. The van der Waals surface area contributed by atoms with E-state index < -0.39 is 5.97 Å². The van der Waals surface area contributed by atoms with E-state index in [1.165, 1.54) is 12.8 Å². The molecule has 0 aliphatic heterocycles. The summed E-state index contributed by atoms with van der Waals surface area (Å²) >= 11 is 3.40. The van der Waals surface area contributed by atoms with Crippen molar-refractivity contribution in [3.8, 4) is 5.75 Å². The predicted molar refractivity (Wildman–Crippen MR) is 81.1 cm³/mol. The van der Waals surface area contributed by atoms with E-state index in [1.807, 2.05) is 29.2 Å². The molecule has 0 aromatic heterocycles. The third kappa shape index (κ3) is 4.80. The lowest BCUT2D eigenvalue weighted by Crippen LogP contribution is -2.40. The molecule has 110 valence electrons. The summed E-state index contributed by atoms with van der Waals surface area (Å²) in [6.07, 6.45) is 4.61. The van der Waals surface area contributed by atoms with Crippen LogP contribution in [0.5, 0.6) is 5.75 Å². The van der Waals surface area contributed by atoms with Gasteiger partial charge < -0.3 is 9.84 Å². The maximum absolute atomic E-state index is 11.0. The number of carboxylic acid groups (broad SMARTS) is 1. The molecular weight excluding hydrogens is 322 g/mol. The number of carboxylic acids is 1. The molecule has 1 aliphatic carbocycles. The molecule has 0 amide bonds. The number of aliphatic carboxylic acids is 1. The van der Waals surface area contributed by atoms with Gasteiger partial charge in [0.05, 0.1) is 6.54 Å². The van der Waals surface area contributed by atoms with Gasteiger partial charge in [0, 0.05) is 17.1 Å². The maximum atomic E-state index is 11.0. The second kappa shape index (κ2) is 7.64. The van der Waals surface area contributed by atoms with E-state index >= 15 is 0 Å². The monoisotopic (exact) mass is 341 g/mol. The van der Waals surface area contributed by atoms with E-state index in [2.05, 4.69) is 15.9 Å². The predicted octanol–water partition coefficient (Wildman–Crippen LogP) is 3.16. The van der Waals surface area contributed by atoms with E-state index in [0.29, 0.717) is 19.2 Å². The summed E-state index contributed by atoms with van der Waals surface area (Å²) in [6.45, 7) is 1.27. The van der Waals surface area contributed by atoms with Crippen LogP contribution >= 0.6 is 15.9 Å². The fraction of sp³-hybridized carbons (Fsp3) is 0.533. The fourth-order valence-corrected chi connectivity index (χ4v) is 3.05. The van der Waals surface area contributed by atoms with E-state index in [0.717, 1.165) is 23.1 Å². The first kappa shape index (κ1) is 15.3. The number of halogens is 1. The third-order valence-electron chi connectivity index (χ3n) is 3.62. The van der Waals surface area contributed by atoms with Crippen molar-refractivity contribution in [1.82, 2.24) is 4.90 Å². The van der Waals surface area contributed by atoms with Gasteiger partial charge in [-0.2, -0.15) is 0 Å². The van der Waals surface area contributed by atoms with Crippen molar-refractivity contribution in [3.05, 3.63) is 28.7 Å². The van der Waals surface area contributed by atoms with Gasteiger partial charge in [0.2, 0.25) is 0 Å². The molecule has 20 heavy (non-hydrogen) atoms. The SMILES string of the molecule is O=C(O)CN(CCOc1cccc(Br)c1)C1CCCC1. The van der Waals surface area contributed by atoms with Crippen LogP contribution in [0, 0.1) is 0 Å². The van der Waals surface area contributed by atoms with Gasteiger partial charge in [-0.1, -0.05) is 34.8 Å². The molecule has 1 aromatic carbocycles. The zero-order valence-corrected chi connectivity index (χ0v) is 13.0. The van der Waals surface area contributed by atoms with E-state index in [-0.39, 0.29) is 6.54 Å². The highest BCUT2D eigenvalue weighted by atomic mass is 79.9. The molecule has 1 aromatic rings. The van der Waals surface area contributed by atoms with Crippen molar-refractivity contribution in [1.29, 1.82) is 0 Å². The minimum Gasteiger partial charge on any atom is -0.492 e. The fourth-order valence-electron chi connectivity index (χ4n) is 2.67. The van der Waals surface area contributed by atoms with Crippen LogP contribution in [0.4, 0.5) is 0 Å².